The van der Waals surface area contributed by atoms with Crippen molar-refractivity contribution < 1.29 is 19.8 Å². The first-order chi connectivity index (χ1) is 5.61. The van der Waals surface area contributed by atoms with Crippen LogP contribution < -0.4 is 0 Å². The van der Waals surface area contributed by atoms with Crippen molar-refractivity contribution in [3.8, 4) is 0 Å². The number of hydrogen-bond acceptors (Lipinski definition) is 2. The Hall–Kier alpha value is -0.580. The summed E-state index contributed by atoms with van der Waals surface area (Å²) in [5, 5.41) is 17.0. The predicted molar refractivity (Wildman–Crippen MR) is 48.9 cm³/mol. The van der Waals surface area contributed by atoms with Crippen LogP contribution in [0.15, 0.2) is 24.3 Å². The van der Waals surface area contributed by atoms with E-state index < -0.39 is 11.9 Å². The Morgan fingerprint density at radius 3 is 1.69 bits per heavy atom. The van der Waals surface area contributed by atoms with Crippen LogP contribution in [0.1, 0.15) is 20.7 Å². The van der Waals surface area contributed by atoms with Crippen LogP contribution in [0.3, 0.4) is 0 Å². The molecular weight excluding hydrogens is 200 g/mol. The van der Waals surface area contributed by atoms with Crippen molar-refractivity contribution in [3.05, 3.63) is 35.4 Å². The summed E-state index contributed by atoms with van der Waals surface area (Å²) in [6, 6.07) is 5.20. The third-order valence-electron chi connectivity index (χ3n) is 1.36. The summed E-state index contributed by atoms with van der Waals surface area (Å²) < 4.78 is 0. The van der Waals surface area contributed by atoms with Crippen molar-refractivity contribution in [1.29, 1.82) is 0 Å². The molecule has 0 radical (unpaired) electrons. The zero-order valence-corrected chi connectivity index (χ0v) is 6.02. The summed E-state index contributed by atoms with van der Waals surface area (Å²) in [5.74, 6) is -2.25. The van der Waals surface area contributed by atoms with Crippen LogP contribution in [0.4, 0.5) is 0 Å². The van der Waals surface area contributed by atoms with E-state index in [0.717, 1.165) is 6.07 Å². The first-order valence-electron chi connectivity index (χ1n) is 3.18. The monoisotopic (exact) mass is 208 g/mol. The molecule has 0 aliphatic carbocycles. The molecule has 1 rings (SSSR count). The minimum atomic E-state index is -1.13. The third kappa shape index (κ3) is 3.34. The fourth-order valence-corrected chi connectivity index (χ4v) is 0.785. The van der Waals surface area contributed by atoms with Gasteiger partial charge in [0.25, 0.3) is 0 Å². The molecule has 1 aromatic rings. The molecular formula is C8H8CaO4. The Labute approximate surface area is 104 Å². The van der Waals surface area contributed by atoms with E-state index in [1.807, 2.05) is 0 Å². The summed E-state index contributed by atoms with van der Waals surface area (Å²) >= 11 is 0. The molecule has 0 fully saturated rings. The van der Waals surface area contributed by atoms with E-state index in [1.165, 1.54) is 18.2 Å². The second-order valence-corrected chi connectivity index (χ2v) is 2.19. The van der Waals surface area contributed by atoms with E-state index in [2.05, 4.69) is 0 Å². The topological polar surface area (TPSA) is 74.6 Å². The van der Waals surface area contributed by atoms with Gasteiger partial charge >= 0.3 is 49.7 Å². The maximum absolute atomic E-state index is 10.4. The summed E-state index contributed by atoms with van der Waals surface area (Å²) in [6.07, 6.45) is 0. The van der Waals surface area contributed by atoms with Crippen molar-refractivity contribution in [3.63, 3.8) is 0 Å². The Morgan fingerprint density at radius 2 is 1.38 bits per heavy atom. The molecule has 2 N–H and O–H groups in total. The van der Waals surface area contributed by atoms with Gasteiger partial charge in [-0.05, 0) is 18.2 Å². The second kappa shape index (κ2) is 5.21. The maximum atomic E-state index is 10.4. The zero-order valence-electron chi connectivity index (χ0n) is 6.02. The molecule has 0 aromatic heterocycles. The van der Waals surface area contributed by atoms with Crippen LogP contribution in [0, 0.1) is 0 Å². The van der Waals surface area contributed by atoms with Crippen LogP contribution in [0.25, 0.3) is 0 Å². The predicted octanol–water partition coefficient (Wildman–Crippen LogP) is 0.167. The Bertz CT molecular complexity index is 305. The summed E-state index contributed by atoms with van der Waals surface area (Å²) in [5.41, 5.74) is -0.0372. The summed E-state index contributed by atoms with van der Waals surface area (Å²) in [7, 11) is 0. The molecule has 0 bridgehead atoms. The van der Waals surface area contributed by atoms with E-state index in [-0.39, 0.29) is 48.9 Å². The van der Waals surface area contributed by atoms with Gasteiger partial charge in [-0.2, -0.15) is 0 Å². The van der Waals surface area contributed by atoms with Gasteiger partial charge in [0.2, 0.25) is 0 Å². The minimum absolute atomic E-state index is 0. The van der Waals surface area contributed by atoms with Gasteiger partial charge in [0.1, 0.15) is 0 Å². The van der Waals surface area contributed by atoms with Gasteiger partial charge in [0.05, 0.1) is 11.1 Å². The average Bonchev–Trinajstić information content (AvgIpc) is 2.04. The standard InChI is InChI=1S/C8H6O4.Ca.2H/c9-7(10)5-2-1-3-6(4-5)8(11)12;;;/h1-4H,(H,9,10)(H,11,12);;;. The van der Waals surface area contributed by atoms with Crippen molar-refractivity contribution in [2.45, 2.75) is 0 Å². The molecule has 0 spiro atoms. The van der Waals surface area contributed by atoms with Gasteiger partial charge in [-0.15, -0.1) is 0 Å². The van der Waals surface area contributed by atoms with Gasteiger partial charge < -0.3 is 10.2 Å². The molecule has 0 unspecified atom stereocenters. The molecule has 0 atom stereocenters. The van der Waals surface area contributed by atoms with E-state index in [9.17, 15) is 9.59 Å². The number of hydrogen-bond donors (Lipinski definition) is 2. The molecule has 0 saturated heterocycles. The van der Waals surface area contributed by atoms with E-state index in [1.54, 1.807) is 0 Å². The van der Waals surface area contributed by atoms with Crippen molar-refractivity contribution >= 4 is 49.7 Å². The number of rotatable bonds is 2. The van der Waals surface area contributed by atoms with Crippen molar-refractivity contribution in [2.75, 3.05) is 0 Å². The van der Waals surface area contributed by atoms with Crippen LogP contribution in [-0.2, 0) is 0 Å². The molecule has 66 valence electrons. The van der Waals surface area contributed by atoms with Gasteiger partial charge in [-0.1, -0.05) is 6.07 Å². The van der Waals surface area contributed by atoms with Gasteiger partial charge in [-0.3, -0.25) is 0 Å². The molecule has 13 heavy (non-hydrogen) atoms. The second-order valence-electron chi connectivity index (χ2n) is 2.19. The molecule has 5 heteroatoms. The molecule has 0 saturated carbocycles. The Balaban J connectivity index is 0.00000144. The summed E-state index contributed by atoms with van der Waals surface area (Å²) in [6.45, 7) is 0. The van der Waals surface area contributed by atoms with Crippen molar-refractivity contribution in [2.24, 2.45) is 0 Å². The fourth-order valence-electron chi connectivity index (χ4n) is 0.785. The normalized spacial score (nSPS) is 8.62. The van der Waals surface area contributed by atoms with Crippen LogP contribution in [0.2, 0.25) is 0 Å². The number of benzene rings is 1. The van der Waals surface area contributed by atoms with Gasteiger partial charge in [-0.25, -0.2) is 9.59 Å². The van der Waals surface area contributed by atoms with Gasteiger partial charge in [0, 0.05) is 0 Å². The zero-order chi connectivity index (χ0) is 9.14. The number of aromatic carboxylic acids is 2. The molecule has 0 heterocycles. The van der Waals surface area contributed by atoms with Crippen LogP contribution in [-0.4, -0.2) is 59.9 Å². The van der Waals surface area contributed by atoms with Crippen molar-refractivity contribution in [1.82, 2.24) is 0 Å². The Morgan fingerprint density at radius 1 is 1.00 bits per heavy atom. The van der Waals surface area contributed by atoms with Gasteiger partial charge in [0.15, 0.2) is 0 Å². The van der Waals surface area contributed by atoms with E-state index >= 15 is 0 Å². The average molecular weight is 208 g/mol. The number of carboxylic acids is 2. The first kappa shape index (κ1) is 12.4. The van der Waals surface area contributed by atoms with Crippen LogP contribution >= 0.6 is 0 Å². The fraction of sp³-hybridized carbons (Fsp3) is 0. The quantitative estimate of drug-likeness (QED) is 0.679. The Kier molecular flexibility index (Phi) is 4.98. The molecule has 4 nitrogen and oxygen atoms in total. The van der Waals surface area contributed by atoms with Crippen LogP contribution in [0.5, 0.6) is 0 Å². The molecule has 0 aliphatic heterocycles. The SMILES string of the molecule is O=C(O)c1cccc(C(=O)O)c1.[CaH2]. The van der Waals surface area contributed by atoms with E-state index in [0.29, 0.717) is 0 Å². The first-order valence-corrected chi connectivity index (χ1v) is 3.18. The van der Waals surface area contributed by atoms with E-state index in [4.69, 9.17) is 10.2 Å². The molecule has 0 amide bonds. The number of carbonyl (C=O) groups is 2. The molecule has 0 aliphatic rings. The summed E-state index contributed by atoms with van der Waals surface area (Å²) in [4.78, 5) is 20.8. The number of carboxylic acid groups (broad SMARTS) is 2. The molecule has 1 aromatic carbocycles. The third-order valence-corrected chi connectivity index (χ3v) is 1.36.